The number of imidazole rings is 1. The Bertz CT molecular complexity index is 1380. The summed E-state index contributed by atoms with van der Waals surface area (Å²) in [6.45, 7) is 7.89. The molecule has 3 aliphatic heterocycles. The van der Waals surface area contributed by atoms with Gasteiger partial charge in [0.05, 0.1) is 31.0 Å². The number of aromatic amines is 1. The van der Waals surface area contributed by atoms with Crippen molar-refractivity contribution in [3.8, 4) is 17.1 Å². The van der Waals surface area contributed by atoms with E-state index in [1.54, 1.807) is 19.6 Å². The third kappa shape index (κ3) is 6.68. The summed E-state index contributed by atoms with van der Waals surface area (Å²) in [6.07, 6.45) is 7.17. The number of rotatable bonds is 9. The van der Waals surface area contributed by atoms with Crippen LogP contribution in [0, 0.1) is 0 Å². The van der Waals surface area contributed by atoms with Crippen molar-refractivity contribution in [2.24, 2.45) is 5.73 Å². The van der Waals surface area contributed by atoms with Crippen LogP contribution in [-0.2, 0) is 4.74 Å². The maximum Gasteiger partial charge on any atom is 0.271 e. The Balaban J connectivity index is 1.22. The highest BCUT2D eigenvalue weighted by atomic mass is 16.5. The summed E-state index contributed by atoms with van der Waals surface area (Å²) >= 11 is 0. The fraction of sp³-hybridized carbons (Fsp3) is 0.533. The van der Waals surface area contributed by atoms with Crippen LogP contribution in [0.5, 0.6) is 5.75 Å². The second-order valence-corrected chi connectivity index (χ2v) is 11.5. The number of carbonyl (C=O) groups is 1. The van der Waals surface area contributed by atoms with Crippen molar-refractivity contribution in [1.82, 2.24) is 29.7 Å². The first kappa shape index (κ1) is 29.1. The Morgan fingerprint density at radius 3 is 2.49 bits per heavy atom. The first-order chi connectivity index (χ1) is 21.0. The van der Waals surface area contributed by atoms with E-state index in [2.05, 4.69) is 53.4 Å². The topological polar surface area (TPSA) is 150 Å². The van der Waals surface area contributed by atoms with Crippen LogP contribution in [0.4, 0.5) is 23.0 Å². The summed E-state index contributed by atoms with van der Waals surface area (Å²) in [6, 6.07) is 6.77. The lowest BCUT2D eigenvalue weighted by molar-refractivity contribution is 0.0904. The smallest absolute Gasteiger partial charge is 0.271 e. The third-order valence-electron chi connectivity index (χ3n) is 8.75. The van der Waals surface area contributed by atoms with E-state index >= 15 is 0 Å². The van der Waals surface area contributed by atoms with E-state index in [0.29, 0.717) is 36.5 Å². The molecule has 43 heavy (non-hydrogen) atoms. The van der Waals surface area contributed by atoms with Gasteiger partial charge in [0.1, 0.15) is 11.4 Å². The molecule has 0 radical (unpaired) electrons. The molecule has 2 aromatic heterocycles. The van der Waals surface area contributed by atoms with Gasteiger partial charge in [0.25, 0.3) is 5.91 Å². The highest BCUT2D eigenvalue weighted by Crippen LogP contribution is 2.36. The standard InChI is InChI=1S/C30H42N10O3/c1-38-11-13-39(14-12-38)22-5-9-40(10-6-22)24-4-3-21(17-25(24)42-2)35-30-27(28(31)41)36-26(23-18-32-19-33-23)29(37-30)34-20-7-15-43-16-8-20/h3-4,17-20,22H,5-16H2,1-2H3,(H2,31,41)(H,32,33)(H2,34,35,37). The average Bonchev–Trinajstić information content (AvgIpc) is 3.57. The minimum atomic E-state index is -0.680. The first-order valence-corrected chi connectivity index (χ1v) is 15.2. The van der Waals surface area contributed by atoms with Gasteiger partial charge in [-0.05, 0) is 44.9 Å². The van der Waals surface area contributed by atoms with Crippen LogP contribution in [0.15, 0.2) is 30.7 Å². The molecule has 0 saturated carbocycles. The molecule has 0 spiro atoms. The van der Waals surface area contributed by atoms with E-state index in [1.807, 2.05) is 12.1 Å². The van der Waals surface area contributed by atoms with Gasteiger partial charge in [-0.3, -0.25) is 9.69 Å². The molecule has 3 aromatic rings. The van der Waals surface area contributed by atoms with E-state index in [9.17, 15) is 4.79 Å². The Hall–Kier alpha value is -3.94. The molecule has 230 valence electrons. The second-order valence-electron chi connectivity index (χ2n) is 11.5. The van der Waals surface area contributed by atoms with Gasteiger partial charge >= 0.3 is 0 Å². The molecule has 13 nitrogen and oxygen atoms in total. The Labute approximate surface area is 252 Å². The predicted octanol–water partition coefficient (Wildman–Crippen LogP) is 2.52. The van der Waals surface area contributed by atoms with E-state index in [1.165, 1.54) is 0 Å². The highest BCUT2D eigenvalue weighted by Gasteiger charge is 2.28. The summed E-state index contributed by atoms with van der Waals surface area (Å²) in [7, 11) is 3.88. The SMILES string of the molecule is COc1cc(Nc2nc(NC3CCOCC3)c(-c3cnc[nH]3)nc2C(N)=O)ccc1N1CCC(N2CCN(C)CC2)CC1. The maximum atomic E-state index is 12.6. The van der Waals surface area contributed by atoms with Crippen molar-refractivity contribution in [3.63, 3.8) is 0 Å². The molecule has 0 aliphatic carbocycles. The molecule has 13 heteroatoms. The predicted molar refractivity (Wildman–Crippen MR) is 166 cm³/mol. The minimum Gasteiger partial charge on any atom is -0.495 e. The Morgan fingerprint density at radius 2 is 1.81 bits per heavy atom. The number of H-pyrrole nitrogens is 1. The fourth-order valence-corrected chi connectivity index (χ4v) is 6.22. The lowest BCUT2D eigenvalue weighted by Gasteiger charge is -2.42. The highest BCUT2D eigenvalue weighted by molar-refractivity contribution is 5.97. The van der Waals surface area contributed by atoms with Gasteiger partial charge < -0.3 is 40.6 Å². The van der Waals surface area contributed by atoms with Gasteiger partial charge in [-0.25, -0.2) is 15.0 Å². The number of carbonyl (C=O) groups excluding carboxylic acids is 1. The average molecular weight is 591 g/mol. The molecule has 5 heterocycles. The van der Waals surface area contributed by atoms with Gasteiger partial charge in [0.15, 0.2) is 17.3 Å². The van der Waals surface area contributed by atoms with Crippen LogP contribution in [0.2, 0.25) is 0 Å². The number of aromatic nitrogens is 4. The molecule has 3 aliphatic rings. The quantitative estimate of drug-likeness (QED) is 0.291. The number of nitrogens with zero attached hydrogens (tertiary/aromatic N) is 6. The number of ether oxygens (including phenoxy) is 2. The van der Waals surface area contributed by atoms with Crippen molar-refractivity contribution in [1.29, 1.82) is 0 Å². The largest absolute Gasteiger partial charge is 0.495 e. The Kier molecular flexibility index (Phi) is 8.91. The van der Waals surface area contributed by atoms with E-state index < -0.39 is 5.91 Å². The lowest BCUT2D eigenvalue weighted by atomic mass is 10.0. The van der Waals surface area contributed by atoms with E-state index in [-0.39, 0.29) is 17.6 Å². The third-order valence-corrected chi connectivity index (χ3v) is 8.75. The monoisotopic (exact) mass is 590 g/mol. The summed E-state index contributed by atoms with van der Waals surface area (Å²) in [5.74, 6) is 0.884. The lowest BCUT2D eigenvalue weighted by Crippen LogP contribution is -2.52. The van der Waals surface area contributed by atoms with Crippen molar-refractivity contribution >= 4 is 28.9 Å². The van der Waals surface area contributed by atoms with Crippen LogP contribution in [0.1, 0.15) is 36.2 Å². The normalized spacial score (nSPS) is 19.3. The molecule has 0 unspecified atom stereocenters. The van der Waals surface area contributed by atoms with Crippen LogP contribution in [-0.4, -0.2) is 114 Å². The number of hydrogen-bond acceptors (Lipinski definition) is 11. The van der Waals surface area contributed by atoms with Crippen LogP contribution in [0.25, 0.3) is 11.4 Å². The maximum absolute atomic E-state index is 12.6. The van der Waals surface area contributed by atoms with Gasteiger partial charge in [-0.2, -0.15) is 0 Å². The van der Waals surface area contributed by atoms with E-state index in [4.69, 9.17) is 20.2 Å². The number of methoxy groups -OCH3 is 1. The van der Waals surface area contributed by atoms with E-state index in [0.717, 1.165) is 82.1 Å². The molecule has 1 amide bonds. The summed E-state index contributed by atoms with van der Waals surface area (Å²) in [5.41, 5.74) is 8.73. The molecule has 3 saturated heterocycles. The molecule has 3 fully saturated rings. The summed E-state index contributed by atoms with van der Waals surface area (Å²) in [4.78, 5) is 36.7. The number of primary amides is 1. The molecule has 5 N–H and O–H groups in total. The molecular formula is C30H42N10O3. The van der Waals surface area contributed by atoms with Gasteiger partial charge in [-0.15, -0.1) is 0 Å². The zero-order valence-electron chi connectivity index (χ0n) is 25.0. The zero-order chi connectivity index (χ0) is 29.8. The molecule has 0 bridgehead atoms. The van der Waals surface area contributed by atoms with Crippen molar-refractivity contribution < 1.29 is 14.3 Å². The number of benzene rings is 1. The van der Waals surface area contributed by atoms with Crippen molar-refractivity contribution in [3.05, 3.63) is 36.4 Å². The second kappa shape index (κ2) is 13.1. The molecule has 0 atom stereocenters. The number of nitrogens with two attached hydrogens (primary N) is 1. The van der Waals surface area contributed by atoms with Crippen LogP contribution >= 0.6 is 0 Å². The summed E-state index contributed by atoms with van der Waals surface area (Å²) < 4.78 is 11.4. The number of piperidine rings is 1. The molecule has 6 rings (SSSR count). The first-order valence-electron chi connectivity index (χ1n) is 15.2. The number of likely N-dealkylation sites (N-methyl/N-ethyl adjacent to an activating group) is 1. The van der Waals surface area contributed by atoms with Crippen LogP contribution < -0.4 is 26.0 Å². The number of nitrogens with one attached hydrogen (secondary N) is 3. The van der Waals surface area contributed by atoms with Crippen LogP contribution in [0.3, 0.4) is 0 Å². The number of anilines is 4. The fourth-order valence-electron chi connectivity index (χ4n) is 6.22. The van der Waals surface area contributed by atoms with Crippen molar-refractivity contribution in [2.45, 2.75) is 37.8 Å². The minimum absolute atomic E-state index is 0.0381. The molecular weight excluding hydrogens is 548 g/mol. The number of amides is 1. The zero-order valence-corrected chi connectivity index (χ0v) is 25.0. The van der Waals surface area contributed by atoms with Gasteiger partial charge in [0.2, 0.25) is 0 Å². The Morgan fingerprint density at radius 1 is 1.05 bits per heavy atom. The van der Waals surface area contributed by atoms with Gasteiger partial charge in [-0.1, -0.05) is 0 Å². The number of piperazine rings is 1. The van der Waals surface area contributed by atoms with Gasteiger partial charge in [0, 0.05) is 76.3 Å². The summed E-state index contributed by atoms with van der Waals surface area (Å²) in [5, 5.41) is 6.79. The number of hydrogen-bond donors (Lipinski definition) is 4. The van der Waals surface area contributed by atoms with Crippen molar-refractivity contribution in [2.75, 3.05) is 82.2 Å². The molecule has 1 aromatic carbocycles.